The molecule has 0 saturated heterocycles. The van der Waals surface area contributed by atoms with Crippen LogP contribution in [-0.2, 0) is 6.54 Å². The van der Waals surface area contributed by atoms with E-state index >= 15 is 0 Å². The van der Waals surface area contributed by atoms with Gasteiger partial charge in [0.15, 0.2) is 0 Å². The van der Waals surface area contributed by atoms with E-state index < -0.39 is 0 Å². The van der Waals surface area contributed by atoms with Gasteiger partial charge in [-0.25, -0.2) is 0 Å². The first kappa shape index (κ1) is 8.56. The molecule has 1 heterocycles. The number of nitrogens with zero attached hydrogens (tertiary/aromatic N) is 1. The van der Waals surface area contributed by atoms with Crippen LogP contribution < -0.4 is 10.1 Å². The molecule has 0 bridgehead atoms. The van der Waals surface area contributed by atoms with E-state index in [1.54, 1.807) is 6.26 Å². The molecule has 1 aliphatic rings. The average Bonchev–Trinajstić information content (AvgIpc) is 2.85. The third-order valence-electron chi connectivity index (χ3n) is 1.95. The quantitative estimate of drug-likeness (QED) is 0.746. The van der Waals surface area contributed by atoms with Gasteiger partial charge in [-0.15, -0.1) is 0 Å². The zero-order chi connectivity index (χ0) is 9.10. The van der Waals surface area contributed by atoms with Crippen LogP contribution in [0, 0.1) is 0 Å². The van der Waals surface area contributed by atoms with Crippen LogP contribution in [0.5, 0.6) is 6.08 Å². The monoisotopic (exact) mass is 182 g/mol. The molecule has 13 heavy (non-hydrogen) atoms. The Morgan fingerprint density at radius 1 is 1.69 bits per heavy atom. The summed E-state index contributed by atoms with van der Waals surface area (Å²) in [6, 6.07) is 0.701. The SMILES string of the molecule is CCOc1nc(CNC2CC2)co1. The molecule has 1 N–H and O–H groups in total. The first-order valence-electron chi connectivity index (χ1n) is 4.69. The van der Waals surface area contributed by atoms with Gasteiger partial charge in [-0.05, 0) is 19.8 Å². The van der Waals surface area contributed by atoms with Gasteiger partial charge in [0.1, 0.15) is 6.26 Å². The summed E-state index contributed by atoms with van der Waals surface area (Å²) < 4.78 is 10.2. The summed E-state index contributed by atoms with van der Waals surface area (Å²) in [5.74, 6) is 0. The lowest BCUT2D eigenvalue weighted by atomic mass is 10.5. The van der Waals surface area contributed by atoms with Gasteiger partial charge >= 0.3 is 6.08 Å². The largest absolute Gasteiger partial charge is 0.450 e. The van der Waals surface area contributed by atoms with E-state index in [2.05, 4.69) is 10.3 Å². The molecule has 1 aliphatic carbocycles. The Kier molecular flexibility index (Phi) is 2.49. The second-order valence-corrected chi connectivity index (χ2v) is 3.19. The first-order valence-corrected chi connectivity index (χ1v) is 4.69. The highest BCUT2D eigenvalue weighted by Gasteiger charge is 2.20. The lowest BCUT2D eigenvalue weighted by Gasteiger charge is -1.96. The van der Waals surface area contributed by atoms with E-state index in [0.717, 1.165) is 12.2 Å². The highest BCUT2D eigenvalue weighted by molar-refractivity contribution is 5.00. The van der Waals surface area contributed by atoms with Crippen molar-refractivity contribution in [1.82, 2.24) is 10.3 Å². The van der Waals surface area contributed by atoms with Crippen LogP contribution in [-0.4, -0.2) is 17.6 Å². The first-order chi connectivity index (χ1) is 6.38. The summed E-state index contributed by atoms with van der Waals surface area (Å²) >= 11 is 0. The second-order valence-electron chi connectivity index (χ2n) is 3.19. The number of ether oxygens (including phenoxy) is 1. The highest BCUT2D eigenvalue weighted by atomic mass is 16.6. The van der Waals surface area contributed by atoms with Crippen molar-refractivity contribution >= 4 is 0 Å². The molecule has 0 unspecified atom stereocenters. The van der Waals surface area contributed by atoms with Gasteiger partial charge in [0.05, 0.1) is 12.3 Å². The summed E-state index contributed by atoms with van der Waals surface area (Å²) in [6.45, 7) is 3.28. The molecule has 2 rings (SSSR count). The number of aromatic nitrogens is 1. The van der Waals surface area contributed by atoms with Crippen molar-refractivity contribution in [3.63, 3.8) is 0 Å². The molecule has 1 aromatic rings. The highest BCUT2D eigenvalue weighted by Crippen LogP contribution is 2.19. The van der Waals surface area contributed by atoms with Crippen molar-refractivity contribution in [3.05, 3.63) is 12.0 Å². The van der Waals surface area contributed by atoms with Crippen LogP contribution in [0.15, 0.2) is 10.7 Å². The van der Waals surface area contributed by atoms with Crippen molar-refractivity contribution < 1.29 is 9.15 Å². The number of hydrogen-bond acceptors (Lipinski definition) is 4. The predicted octanol–water partition coefficient (Wildman–Crippen LogP) is 1.33. The summed E-state index contributed by atoms with van der Waals surface area (Å²) in [7, 11) is 0. The van der Waals surface area contributed by atoms with Crippen LogP contribution >= 0.6 is 0 Å². The number of nitrogens with one attached hydrogen (secondary N) is 1. The molecule has 4 heteroatoms. The van der Waals surface area contributed by atoms with Crippen LogP contribution in [0.4, 0.5) is 0 Å². The van der Waals surface area contributed by atoms with Crippen LogP contribution in [0.25, 0.3) is 0 Å². The molecule has 4 nitrogen and oxygen atoms in total. The lowest BCUT2D eigenvalue weighted by Crippen LogP contribution is -2.15. The zero-order valence-electron chi connectivity index (χ0n) is 7.75. The van der Waals surface area contributed by atoms with Gasteiger partial charge in [0.2, 0.25) is 0 Å². The molecular weight excluding hydrogens is 168 g/mol. The fourth-order valence-electron chi connectivity index (χ4n) is 1.10. The van der Waals surface area contributed by atoms with Gasteiger partial charge in [0, 0.05) is 12.6 Å². The van der Waals surface area contributed by atoms with Gasteiger partial charge < -0.3 is 14.5 Å². The van der Waals surface area contributed by atoms with E-state index in [-0.39, 0.29) is 0 Å². The Balaban J connectivity index is 1.81. The minimum atomic E-state index is 0.370. The van der Waals surface area contributed by atoms with Crippen molar-refractivity contribution in [2.75, 3.05) is 6.61 Å². The normalized spacial score (nSPS) is 16.1. The van der Waals surface area contributed by atoms with Crippen molar-refractivity contribution in [2.24, 2.45) is 0 Å². The Hall–Kier alpha value is -1.03. The molecule has 1 fully saturated rings. The van der Waals surface area contributed by atoms with Crippen LogP contribution in [0.1, 0.15) is 25.5 Å². The van der Waals surface area contributed by atoms with E-state index in [0.29, 0.717) is 18.7 Å². The Morgan fingerprint density at radius 2 is 2.54 bits per heavy atom. The maximum atomic E-state index is 5.10. The molecule has 0 radical (unpaired) electrons. The van der Waals surface area contributed by atoms with Gasteiger partial charge in [-0.1, -0.05) is 0 Å². The molecule has 1 saturated carbocycles. The Morgan fingerprint density at radius 3 is 3.23 bits per heavy atom. The van der Waals surface area contributed by atoms with Crippen molar-refractivity contribution in [1.29, 1.82) is 0 Å². The topological polar surface area (TPSA) is 47.3 Å². The third kappa shape index (κ3) is 2.45. The maximum Gasteiger partial charge on any atom is 0.393 e. The van der Waals surface area contributed by atoms with Crippen LogP contribution in [0.3, 0.4) is 0 Å². The fraction of sp³-hybridized carbons (Fsp3) is 0.667. The smallest absolute Gasteiger partial charge is 0.393 e. The summed E-state index contributed by atoms with van der Waals surface area (Å²) in [5, 5.41) is 3.35. The van der Waals surface area contributed by atoms with Gasteiger partial charge in [-0.2, -0.15) is 4.98 Å². The van der Waals surface area contributed by atoms with Gasteiger partial charge in [0.25, 0.3) is 0 Å². The number of oxazole rings is 1. The summed E-state index contributed by atoms with van der Waals surface area (Å²) in [4.78, 5) is 4.15. The molecule has 0 spiro atoms. The Bertz CT molecular complexity index is 268. The third-order valence-corrected chi connectivity index (χ3v) is 1.95. The van der Waals surface area contributed by atoms with Crippen molar-refractivity contribution in [2.45, 2.75) is 32.4 Å². The van der Waals surface area contributed by atoms with E-state index in [9.17, 15) is 0 Å². The standard InChI is InChI=1S/C9H14N2O2/c1-2-12-9-11-8(6-13-9)5-10-7-3-4-7/h6-7,10H,2-5H2,1H3. The minimum Gasteiger partial charge on any atom is -0.450 e. The fourth-order valence-corrected chi connectivity index (χ4v) is 1.10. The number of rotatable bonds is 5. The predicted molar refractivity (Wildman–Crippen MR) is 47.5 cm³/mol. The van der Waals surface area contributed by atoms with Crippen molar-refractivity contribution in [3.8, 4) is 6.08 Å². The Labute approximate surface area is 77.3 Å². The molecule has 1 aromatic heterocycles. The second kappa shape index (κ2) is 3.79. The zero-order valence-corrected chi connectivity index (χ0v) is 7.75. The van der Waals surface area contributed by atoms with E-state index in [4.69, 9.17) is 9.15 Å². The van der Waals surface area contributed by atoms with E-state index in [1.807, 2.05) is 6.92 Å². The summed E-state index contributed by atoms with van der Waals surface area (Å²) in [5.41, 5.74) is 0.912. The molecule has 0 amide bonds. The minimum absolute atomic E-state index is 0.370. The maximum absolute atomic E-state index is 5.10. The molecule has 72 valence electrons. The lowest BCUT2D eigenvalue weighted by molar-refractivity contribution is 0.244. The molecule has 0 atom stereocenters. The number of hydrogen-bond donors (Lipinski definition) is 1. The average molecular weight is 182 g/mol. The molecule has 0 aliphatic heterocycles. The van der Waals surface area contributed by atoms with Gasteiger partial charge in [-0.3, -0.25) is 0 Å². The van der Waals surface area contributed by atoms with Crippen LogP contribution in [0.2, 0.25) is 0 Å². The van der Waals surface area contributed by atoms with E-state index in [1.165, 1.54) is 12.8 Å². The molecular formula is C9H14N2O2. The summed E-state index contributed by atoms with van der Waals surface area (Å²) in [6.07, 6.45) is 4.59. The molecule has 0 aromatic carbocycles.